The highest BCUT2D eigenvalue weighted by atomic mass is 35.5. The number of esters is 1. The molecule has 6 nitrogen and oxygen atoms in total. The molecule has 0 N–H and O–H groups in total. The molecule has 0 aromatic heterocycles. The number of benzene rings is 1. The Morgan fingerprint density at radius 1 is 1.21 bits per heavy atom. The van der Waals surface area contributed by atoms with E-state index >= 15 is 0 Å². The monoisotopic (exact) mass is 355 g/mol. The lowest BCUT2D eigenvalue weighted by Crippen LogP contribution is -2.39. The van der Waals surface area contributed by atoms with Crippen molar-refractivity contribution in [1.82, 2.24) is 4.90 Å². The number of Topliss-reactive ketones (excluding diaryl/α,β-unsaturated/α-hetero) is 1. The Morgan fingerprint density at radius 3 is 2.58 bits per heavy atom. The molecule has 2 rings (SSSR count). The van der Waals surface area contributed by atoms with Crippen molar-refractivity contribution in [3.05, 3.63) is 35.9 Å². The van der Waals surface area contributed by atoms with Crippen LogP contribution < -0.4 is 0 Å². The number of carbonyl (C=O) groups excluding carboxylic acids is 3. The highest BCUT2D eigenvalue weighted by molar-refractivity contribution is 5.99. The number of likely N-dealkylation sites (tertiary alicyclic amines) is 1. The molecule has 1 saturated heterocycles. The standard InChI is InChI=1S/C17H21NO5.ClH/c1-2-22-16(20)14-11-18(10-6-9-15(14)19)17(21)23-12-13-7-4-3-5-8-13;/h3-5,7-8,14H,2,6,9-12H2,1H3;1H. The van der Waals surface area contributed by atoms with Crippen molar-refractivity contribution < 1.29 is 23.9 Å². The zero-order valence-electron chi connectivity index (χ0n) is 13.6. The molecule has 1 aromatic carbocycles. The first-order valence-corrected chi connectivity index (χ1v) is 7.76. The van der Waals surface area contributed by atoms with E-state index < -0.39 is 18.0 Å². The van der Waals surface area contributed by atoms with Gasteiger partial charge in [0.05, 0.1) is 6.61 Å². The highest BCUT2D eigenvalue weighted by Gasteiger charge is 2.34. The van der Waals surface area contributed by atoms with E-state index in [2.05, 4.69) is 0 Å². The van der Waals surface area contributed by atoms with Gasteiger partial charge in [0, 0.05) is 19.5 Å². The fraction of sp³-hybridized carbons (Fsp3) is 0.471. The Hall–Kier alpha value is -2.08. The zero-order valence-corrected chi connectivity index (χ0v) is 14.4. The number of rotatable bonds is 4. The van der Waals surface area contributed by atoms with Crippen LogP contribution in [0.1, 0.15) is 25.3 Å². The van der Waals surface area contributed by atoms with Gasteiger partial charge in [0.25, 0.3) is 0 Å². The molecule has 1 heterocycles. The second-order valence-electron chi connectivity index (χ2n) is 5.36. The normalized spacial score (nSPS) is 17.5. The minimum Gasteiger partial charge on any atom is -0.465 e. The molecule has 0 radical (unpaired) electrons. The number of ether oxygens (including phenoxy) is 2. The van der Waals surface area contributed by atoms with E-state index in [-0.39, 0.29) is 44.4 Å². The van der Waals surface area contributed by atoms with E-state index in [4.69, 9.17) is 9.47 Å². The van der Waals surface area contributed by atoms with Gasteiger partial charge in [-0.15, -0.1) is 12.4 Å². The molecule has 1 unspecified atom stereocenters. The quantitative estimate of drug-likeness (QED) is 0.613. The fourth-order valence-electron chi connectivity index (χ4n) is 2.46. The van der Waals surface area contributed by atoms with Gasteiger partial charge in [-0.05, 0) is 18.9 Å². The minimum absolute atomic E-state index is 0. The topological polar surface area (TPSA) is 72.9 Å². The molecule has 1 fully saturated rings. The van der Waals surface area contributed by atoms with Gasteiger partial charge >= 0.3 is 12.1 Å². The third-order valence-electron chi connectivity index (χ3n) is 3.68. The van der Waals surface area contributed by atoms with E-state index in [1.54, 1.807) is 6.92 Å². The molecule has 1 aromatic rings. The molecule has 1 amide bonds. The molecule has 0 bridgehead atoms. The summed E-state index contributed by atoms with van der Waals surface area (Å²) in [6, 6.07) is 9.34. The number of nitrogens with zero attached hydrogens (tertiary/aromatic N) is 1. The van der Waals surface area contributed by atoms with Crippen LogP contribution >= 0.6 is 12.4 Å². The first-order chi connectivity index (χ1) is 11.1. The van der Waals surface area contributed by atoms with Crippen LogP contribution in [0.4, 0.5) is 4.79 Å². The number of hydrogen-bond acceptors (Lipinski definition) is 5. The first kappa shape index (κ1) is 20.0. The molecule has 7 heteroatoms. The van der Waals surface area contributed by atoms with E-state index in [1.807, 2.05) is 30.3 Å². The van der Waals surface area contributed by atoms with Crippen molar-refractivity contribution in [2.45, 2.75) is 26.4 Å². The summed E-state index contributed by atoms with van der Waals surface area (Å²) in [6.07, 6.45) is 0.277. The van der Waals surface area contributed by atoms with Gasteiger partial charge in [-0.3, -0.25) is 9.59 Å². The molecule has 132 valence electrons. The van der Waals surface area contributed by atoms with Crippen LogP contribution in [-0.4, -0.2) is 42.4 Å². The second-order valence-corrected chi connectivity index (χ2v) is 5.36. The third kappa shape index (κ3) is 5.53. The van der Waals surface area contributed by atoms with Gasteiger partial charge < -0.3 is 14.4 Å². The van der Waals surface area contributed by atoms with Crippen LogP contribution in [0.2, 0.25) is 0 Å². The smallest absolute Gasteiger partial charge is 0.410 e. The maximum absolute atomic E-state index is 12.2. The Kier molecular flexibility index (Phi) is 8.26. The largest absolute Gasteiger partial charge is 0.465 e. The van der Waals surface area contributed by atoms with Gasteiger partial charge in [-0.1, -0.05) is 30.3 Å². The lowest BCUT2D eigenvalue weighted by atomic mass is 10.0. The number of halogens is 1. The summed E-state index contributed by atoms with van der Waals surface area (Å²) >= 11 is 0. The summed E-state index contributed by atoms with van der Waals surface area (Å²) < 4.78 is 10.2. The molecule has 1 aliphatic rings. The van der Waals surface area contributed by atoms with E-state index in [9.17, 15) is 14.4 Å². The Labute approximate surface area is 147 Å². The number of carbonyl (C=O) groups is 3. The molecular weight excluding hydrogens is 334 g/mol. The summed E-state index contributed by atoms with van der Waals surface area (Å²) in [5.74, 6) is -1.66. The van der Waals surface area contributed by atoms with Crippen molar-refractivity contribution in [2.75, 3.05) is 19.7 Å². The maximum Gasteiger partial charge on any atom is 0.410 e. The van der Waals surface area contributed by atoms with Crippen LogP contribution in [0.3, 0.4) is 0 Å². The van der Waals surface area contributed by atoms with Crippen LogP contribution in [0.15, 0.2) is 30.3 Å². The van der Waals surface area contributed by atoms with E-state index in [0.29, 0.717) is 13.0 Å². The van der Waals surface area contributed by atoms with Crippen molar-refractivity contribution in [3.8, 4) is 0 Å². The van der Waals surface area contributed by atoms with Crippen LogP contribution in [0, 0.1) is 5.92 Å². The van der Waals surface area contributed by atoms with Gasteiger partial charge in [-0.2, -0.15) is 0 Å². The lowest BCUT2D eigenvalue weighted by molar-refractivity contribution is -0.151. The predicted octanol–water partition coefficient (Wildman–Crippen LogP) is 2.59. The summed E-state index contributed by atoms with van der Waals surface area (Å²) in [5.41, 5.74) is 0.883. The fourth-order valence-corrected chi connectivity index (χ4v) is 2.46. The molecule has 0 saturated carbocycles. The summed E-state index contributed by atoms with van der Waals surface area (Å²) in [7, 11) is 0. The number of hydrogen-bond donors (Lipinski definition) is 0. The van der Waals surface area contributed by atoms with E-state index in [0.717, 1.165) is 5.56 Å². The molecule has 1 aliphatic heterocycles. The SMILES string of the molecule is CCOC(=O)C1CN(C(=O)OCc2ccccc2)CCCC1=O.Cl. The average molecular weight is 356 g/mol. The van der Waals surface area contributed by atoms with Crippen LogP contribution in [0.25, 0.3) is 0 Å². The van der Waals surface area contributed by atoms with Gasteiger partial charge in [-0.25, -0.2) is 4.79 Å². The van der Waals surface area contributed by atoms with Crippen molar-refractivity contribution >= 4 is 30.3 Å². The van der Waals surface area contributed by atoms with E-state index in [1.165, 1.54) is 4.90 Å². The zero-order chi connectivity index (χ0) is 16.7. The van der Waals surface area contributed by atoms with Crippen LogP contribution in [-0.2, 0) is 25.7 Å². The van der Waals surface area contributed by atoms with Gasteiger partial charge in [0.15, 0.2) is 0 Å². The predicted molar refractivity (Wildman–Crippen MR) is 89.8 cm³/mol. The third-order valence-corrected chi connectivity index (χ3v) is 3.68. The lowest BCUT2D eigenvalue weighted by Gasteiger charge is -2.22. The Balaban J connectivity index is 0.00000288. The Bertz CT molecular complexity index is 563. The number of ketones is 1. The highest BCUT2D eigenvalue weighted by Crippen LogP contribution is 2.16. The van der Waals surface area contributed by atoms with Crippen LogP contribution in [0.5, 0.6) is 0 Å². The maximum atomic E-state index is 12.2. The van der Waals surface area contributed by atoms with Crippen molar-refractivity contribution in [1.29, 1.82) is 0 Å². The van der Waals surface area contributed by atoms with Crippen molar-refractivity contribution in [3.63, 3.8) is 0 Å². The molecule has 24 heavy (non-hydrogen) atoms. The molecule has 0 aliphatic carbocycles. The molecule has 0 spiro atoms. The van der Waals surface area contributed by atoms with Crippen molar-refractivity contribution in [2.24, 2.45) is 5.92 Å². The van der Waals surface area contributed by atoms with Gasteiger partial charge in [0.1, 0.15) is 18.3 Å². The second kappa shape index (κ2) is 9.93. The molecule has 1 atom stereocenters. The minimum atomic E-state index is -0.915. The molecular formula is C17H22ClNO5. The summed E-state index contributed by atoms with van der Waals surface area (Å²) in [4.78, 5) is 37.5. The number of amides is 1. The average Bonchev–Trinajstić information content (AvgIpc) is 2.76. The first-order valence-electron chi connectivity index (χ1n) is 7.76. The van der Waals surface area contributed by atoms with Gasteiger partial charge in [0.2, 0.25) is 0 Å². The summed E-state index contributed by atoms with van der Waals surface area (Å²) in [6.45, 7) is 2.47. The summed E-state index contributed by atoms with van der Waals surface area (Å²) in [5, 5.41) is 0. The Morgan fingerprint density at radius 2 is 1.92 bits per heavy atom.